The number of benzene rings is 2. The number of nitro benzene ring substituents is 1. The van der Waals surface area contributed by atoms with Crippen LogP contribution in [0.15, 0.2) is 36.4 Å². The van der Waals surface area contributed by atoms with Crippen LogP contribution in [0.25, 0.3) is 0 Å². The first-order valence-corrected chi connectivity index (χ1v) is 7.96. The summed E-state index contributed by atoms with van der Waals surface area (Å²) in [4.78, 5) is 10.4. The van der Waals surface area contributed by atoms with Crippen LogP contribution >= 0.6 is 8.03 Å². The predicted octanol–water partition coefficient (Wildman–Crippen LogP) is 4.73. The Morgan fingerprint density at radius 2 is 1.76 bits per heavy atom. The quantitative estimate of drug-likeness (QED) is 0.430. The molecule has 0 radical (unpaired) electrons. The van der Waals surface area contributed by atoms with E-state index in [0.29, 0.717) is 5.56 Å². The van der Waals surface area contributed by atoms with Crippen molar-refractivity contribution in [3.8, 4) is 11.5 Å². The second-order valence-electron chi connectivity index (χ2n) is 4.93. The van der Waals surface area contributed by atoms with Crippen molar-refractivity contribution in [2.24, 2.45) is 0 Å². The number of nitrogens with zero attached hydrogens (tertiary/aromatic N) is 1. The van der Waals surface area contributed by atoms with Crippen molar-refractivity contribution >= 4 is 19.0 Å². The molecule has 0 aromatic heterocycles. The highest BCUT2D eigenvalue weighted by Gasteiger charge is 2.34. The normalized spacial score (nSPS) is 12.0. The standard InChI is InChI=1S/C15H12F3NO5P/c1-9-7-12(19(20)21)14(25(22)23-2)8-13(9)24-11-5-3-10(4-6-11)15(16,17)18/h3-8H,1-2H3/q+1. The minimum absolute atomic E-state index is 0.101. The molecule has 0 bridgehead atoms. The van der Waals surface area contributed by atoms with E-state index < -0.39 is 24.7 Å². The van der Waals surface area contributed by atoms with Gasteiger partial charge in [-0.05, 0) is 41.3 Å². The fourth-order valence-corrected chi connectivity index (χ4v) is 2.75. The van der Waals surface area contributed by atoms with Gasteiger partial charge in [-0.25, -0.2) is 0 Å². The first-order chi connectivity index (χ1) is 11.6. The Morgan fingerprint density at radius 1 is 1.16 bits per heavy atom. The van der Waals surface area contributed by atoms with Gasteiger partial charge in [-0.2, -0.15) is 13.2 Å². The van der Waals surface area contributed by atoms with Crippen molar-refractivity contribution in [3.63, 3.8) is 0 Å². The van der Waals surface area contributed by atoms with E-state index in [1.807, 2.05) is 0 Å². The van der Waals surface area contributed by atoms with Gasteiger partial charge in [0.05, 0.1) is 17.6 Å². The van der Waals surface area contributed by atoms with E-state index in [-0.39, 0.29) is 22.5 Å². The average Bonchev–Trinajstić information content (AvgIpc) is 2.55. The minimum atomic E-state index is -4.47. The van der Waals surface area contributed by atoms with Gasteiger partial charge in [-0.1, -0.05) is 0 Å². The van der Waals surface area contributed by atoms with Gasteiger partial charge in [0, 0.05) is 12.1 Å². The third kappa shape index (κ3) is 4.32. The van der Waals surface area contributed by atoms with Crippen LogP contribution in [-0.2, 0) is 15.3 Å². The van der Waals surface area contributed by atoms with Crippen molar-refractivity contribution in [1.29, 1.82) is 0 Å². The van der Waals surface area contributed by atoms with Crippen molar-refractivity contribution in [2.45, 2.75) is 13.1 Å². The third-order valence-corrected chi connectivity index (χ3v) is 4.32. The fraction of sp³-hybridized carbons (Fsp3) is 0.200. The minimum Gasteiger partial charge on any atom is -0.457 e. The topological polar surface area (TPSA) is 78.7 Å². The van der Waals surface area contributed by atoms with E-state index >= 15 is 0 Å². The van der Waals surface area contributed by atoms with Gasteiger partial charge in [0.2, 0.25) is 0 Å². The highest BCUT2D eigenvalue weighted by molar-refractivity contribution is 7.48. The van der Waals surface area contributed by atoms with E-state index in [4.69, 9.17) is 4.74 Å². The summed E-state index contributed by atoms with van der Waals surface area (Å²) in [7, 11) is -1.33. The highest BCUT2D eigenvalue weighted by atomic mass is 31.1. The number of hydrogen-bond acceptors (Lipinski definition) is 5. The number of alkyl halides is 3. The van der Waals surface area contributed by atoms with E-state index in [9.17, 15) is 27.9 Å². The molecule has 0 heterocycles. The van der Waals surface area contributed by atoms with Crippen LogP contribution in [0.3, 0.4) is 0 Å². The molecule has 6 nitrogen and oxygen atoms in total. The van der Waals surface area contributed by atoms with Gasteiger partial charge in [0.25, 0.3) is 0 Å². The number of hydrogen-bond donors (Lipinski definition) is 0. The van der Waals surface area contributed by atoms with Crippen molar-refractivity contribution in [1.82, 2.24) is 0 Å². The maximum absolute atomic E-state index is 12.6. The Labute approximate surface area is 141 Å². The molecule has 0 amide bonds. The van der Waals surface area contributed by atoms with Crippen molar-refractivity contribution < 1.29 is 31.9 Å². The van der Waals surface area contributed by atoms with Crippen LogP contribution in [0.1, 0.15) is 11.1 Å². The summed E-state index contributed by atoms with van der Waals surface area (Å²) >= 11 is 0. The van der Waals surface area contributed by atoms with Crippen molar-refractivity contribution in [2.75, 3.05) is 7.11 Å². The van der Waals surface area contributed by atoms with Crippen LogP contribution in [0, 0.1) is 17.0 Å². The maximum atomic E-state index is 12.6. The lowest BCUT2D eigenvalue weighted by atomic mass is 10.2. The Balaban J connectivity index is 2.39. The molecule has 1 unspecified atom stereocenters. The Morgan fingerprint density at radius 3 is 2.24 bits per heavy atom. The molecule has 0 saturated carbocycles. The van der Waals surface area contributed by atoms with E-state index in [2.05, 4.69) is 4.52 Å². The van der Waals surface area contributed by atoms with E-state index in [1.165, 1.54) is 19.1 Å². The van der Waals surface area contributed by atoms with Gasteiger partial charge in [-0.15, -0.1) is 4.52 Å². The Kier molecular flexibility index (Phi) is 5.39. The summed E-state index contributed by atoms with van der Waals surface area (Å²) in [6, 6.07) is 6.31. The van der Waals surface area contributed by atoms with E-state index in [0.717, 1.165) is 31.4 Å². The molecule has 0 spiro atoms. The summed E-state index contributed by atoms with van der Waals surface area (Å²) < 4.78 is 59.7. The number of aryl methyl sites for hydroxylation is 1. The molecule has 25 heavy (non-hydrogen) atoms. The second kappa shape index (κ2) is 7.16. The largest absolute Gasteiger partial charge is 0.556 e. The summed E-state index contributed by atoms with van der Waals surface area (Å²) in [5.41, 5.74) is -0.862. The first-order valence-electron chi connectivity index (χ1n) is 6.79. The molecule has 2 aromatic rings. The van der Waals surface area contributed by atoms with Gasteiger partial charge < -0.3 is 4.74 Å². The number of halogens is 3. The SMILES string of the molecule is CO[P+](=O)c1cc(Oc2ccc(C(F)(F)F)cc2)c(C)cc1[N+](=O)[O-]. The molecule has 0 fully saturated rings. The molecule has 2 aromatic carbocycles. The lowest BCUT2D eigenvalue weighted by Crippen LogP contribution is -2.08. The van der Waals surface area contributed by atoms with Crippen molar-refractivity contribution in [3.05, 3.63) is 57.6 Å². The number of ether oxygens (including phenoxy) is 1. The number of rotatable bonds is 5. The highest BCUT2D eigenvalue weighted by Crippen LogP contribution is 2.35. The lowest BCUT2D eigenvalue weighted by Gasteiger charge is -2.10. The maximum Gasteiger partial charge on any atom is 0.556 e. The first kappa shape index (κ1) is 18.8. The van der Waals surface area contributed by atoms with E-state index in [1.54, 1.807) is 0 Å². The van der Waals surface area contributed by atoms with Crippen LogP contribution in [0.5, 0.6) is 11.5 Å². The van der Waals surface area contributed by atoms with Crippen LogP contribution < -0.4 is 10.0 Å². The Hall–Kier alpha value is -2.51. The summed E-state index contributed by atoms with van der Waals surface area (Å²) in [6.45, 7) is 1.52. The molecule has 0 aliphatic rings. The van der Waals surface area contributed by atoms with Gasteiger partial charge in [0.1, 0.15) is 11.5 Å². The smallest absolute Gasteiger partial charge is 0.457 e. The zero-order valence-electron chi connectivity index (χ0n) is 13.0. The van der Waals surface area contributed by atoms with Crippen LogP contribution in [-0.4, -0.2) is 12.0 Å². The molecule has 0 saturated heterocycles. The summed E-state index contributed by atoms with van der Waals surface area (Å²) in [5, 5.41) is 10.9. The molecular weight excluding hydrogens is 362 g/mol. The summed E-state index contributed by atoms with van der Waals surface area (Å²) in [6.07, 6.45) is -4.47. The molecule has 0 N–H and O–H groups in total. The molecule has 0 aliphatic heterocycles. The second-order valence-corrected chi connectivity index (χ2v) is 6.29. The molecular formula is C15H12F3NO5P+. The average molecular weight is 374 g/mol. The van der Waals surface area contributed by atoms with Crippen LogP contribution in [0.4, 0.5) is 18.9 Å². The molecule has 1 atom stereocenters. The van der Waals surface area contributed by atoms with Gasteiger partial charge >= 0.3 is 25.2 Å². The Bertz CT molecular complexity index is 821. The molecule has 132 valence electrons. The zero-order chi connectivity index (χ0) is 18.8. The summed E-state index contributed by atoms with van der Waals surface area (Å²) in [5.74, 6) is 0.226. The third-order valence-electron chi connectivity index (χ3n) is 3.24. The lowest BCUT2D eigenvalue weighted by molar-refractivity contribution is -0.383. The predicted molar refractivity (Wildman–Crippen MR) is 83.6 cm³/mol. The van der Waals surface area contributed by atoms with Gasteiger partial charge in [0.15, 0.2) is 0 Å². The zero-order valence-corrected chi connectivity index (χ0v) is 13.9. The fourth-order valence-electron chi connectivity index (χ4n) is 2.00. The monoisotopic (exact) mass is 374 g/mol. The van der Waals surface area contributed by atoms with Gasteiger partial charge in [-0.3, -0.25) is 10.1 Å². The molecule has 2 rings (SSSR count). The number of nitro groups is 1. The molecule has 0 aliphatic carbocycles. The van der Waals surface area contributed by atoms with Crippen LogP contribution in [0.2, 0.25) is 0 Å². The molecule has 10 heteroatoms.